The first-order valence-corrected chi connectivity index (χ1v) is 9.44. The molecule has 1 aromatic heterocycles. The molecule has 0 radical (unpaired) electrons. The Bertz CT molecular complexity index is 937. The Kier molecular flexibility index (Phi) is 7.93. The second-order valence-electron chi connectivity index (χ2n) is 6.73. The Hall–Kier alpha value is -2.95. The number of para-hydroxylation sites is 1. The van der Waals surface area contributed by atoms with E-state index in [0.717, 1.165) is 19.6 Å². The minimum absolute atomic E-state index is 0.151. The highest BCUT2D eigenvalue weighted by atomic mass is 19.4. The first-order valence-electron chi connectivity index (χ1n) is 9.44. The highest BCUT2D eigenvalue weighted by Gasteiger charge is 2.38. The maximum Gasteiger partial charge on any atom is 0.490 e. The van der Waals surface area contributed by atoms with Crippen molar-refractivity contribution in [3.63, 3.8) is 0 Å². The number of aromatic amines is 1. The number of alkyl halides is 3. The van der Waals surface area contributed by atoms with Crippen LogP contribution in [0.15, 0.2) is 29.1 Å². The smallest absolute Gasteiger partial charge is 0.475 e. The third-order valence-electron chi connectivity index (χ3n) is 4.57. The van der Waals surface area contributed by atoms with Gasteiger partial charge in [-0.05, 0) is 19.0 Å². The van der Waals surface area contributed by atoms with Crippen LogP contribution < -0.4 is 5.69 Å². The van der Waals surface area contributed by atoms with E-state index >= 15 is 0 Å². The van der Waals surface area contributed by atoms with Crippen LogP contribution in [0.3, 0.4) is 0 Å². The monoisotopic (exact) mass is 428 g/mol. The maximum atomic E-state index is 12.8. The van der Waals surface area contributed by atoms with Gasteiger partial charge in [-0.2, -0.15) is 18.2 Å². The number of aromatic nitrogens is 2. The molecule has 2 N–H and O–H groups in total. The molecular weight excluding hydrogens is 405 g/mol. The van der Waals surface area contributed by atoms with Gasteiger partial charge >= 0.3 is 17.8 Å². The number of rotatable bonds is 4. The highest BCUT2D eigenvalue weighted by molar-refractivity contribution is 6.04. The summed E-state index contributed by atoms with van der Waals surface area (Å²) in [5.41, 5.74) is 0.428. The number of amides is 1. The Morgan fingerprint density at radius 1 is 1.17 bits per heavy atom. The van der Waals surface area contributed by atoms with Gasteiger partial charge in [-0.3, -0.25) is 9.69 Å². The molecule has 1 aliphatic rings. The van der Waals surface area contributed by atoms with Crippen molar-refractivity contribution in [2.45, 2.75) is 25.9 Å². The first kappa shape index (κ1) is 23.3. The molecule has 1 saturated heterocycles. The predicted octanol–water partition coefficient (Wildman–Crippen LogP) is 2.11. The fraction of sp³-hybridized carbons (Fsp3) is 0.474. The quantitative estimate of drug-likeness (QED) is 0.773. The predicted molar refractivity (Wildman–Crippen MR) is 103 cm³/mol. The normalized spacial score (nSPS) is 14.9. The van der Waals surface area contributed by atoms with Crippen molar-refractivity contribution in [2.24, 2.45) is 0 Å². The van der Waals surface area contributed by atoms with Gasteiger partial charge in [0.15, 0.2) is 0 Å². The number of hydrogen-bond acceptors (Lipinski definition) is 5. The molecule has 8 nitrogen and oxygen atoms in total. The van der Waals surface area contributed by atoms with Gasteiger partial charge in [-0.1, -0.05) is 31.5 Å². The lowest BCUT2D eigenvalue weighted by molar-refractivity contribution is -0.192. The van der Waals surface area contributed by atoms with Crippen molar-refractivity contribution < 1.29 is 27.9 Å². The summed E-state index contributed by atoms with van der Waals surface area (Å²) >= 11 is 0. The van der Waals surface area contributed by atoms with Gasteiger partial charge in [-0.25, -0.2) is 9.59 Å². The molecule has 0 aliphatic carbocycles. The third kappa shape index (κ3) is 6.28. The summed E-state index contributed by atoms with van der Waals surface area (Å²) in [4.78, 5) is 44.2. The zero-order valence-corrected chi connectivity index (χ0v) is 16.4. The van der Waals surface area contributed by atoms with Crippen molar-refractivity contribution in [3.8, 4) is 0 Å². The van der Waals surface area contributed by atoms with Gasteiger partial charge in [0, 0.05) is 31.6 Å². The summed E-state index contributed by atoms with van der Waals surface area (Å²) in [6.07, 6.45) is -2.71. The van der Waals surface area contributed by atoms with Crippen molar-refractivity contribution in [1.29, 1.82) is 0 Å². The van der Waals surface area contributed by atoms with Crippen molar-refractivity contribution >= 4 is 22.8 Å². The van der Waals surface area contributed by atoms with E-state index in [1.807, 2.05) is 18.2 Å². The number of halogens is 3. The largest absolute Gasteiger partial charge is 0.490 e. The fourth-order valence-electron chi connectivity index (χ4n) is 2.97. The molecule has 0 saturated carbocycles. The number of piperazine rings is 1. The van der Waals surface area contributed by atoms with Crippen LogP contribution in [0, 0.1) is 0 Å². The summed E-state index contributed by atoms with van der Waals surface area (Å²) in [5, 5.41) is 7.82. The molecule has 1 amide bonds. The highest BCUT2D eigenvalue weighted by Crippen LogP contribution is 2.16. The fourth-order valence-corrected chi connectivity index (χ4v) is 2.97. The van der Waals surface area contributed by atoms with Crippen molar-refractivity contribution in [1.82, 2.24) is 19.8 Å². The molecule has 1 aliphatic heterocycles. The second-order valence-corrected chi connectivity index (χ2v) is 6.73. The van der Waals surface area contributed by atoms with Gasteiger partial charge in [-0.15, -0.1) is 0 Å². The van der Waals surface area contributed by atoms with E-state index in [2.05, 4.69) is 21.8 Å². The lowest BCUT2D eigenvalue weighted by Crippen LogP contribution is -2.49. The molecule has 164 valence electrons. The van der Waals surface area contributed by atoms with E-state index in [4.69, 9.17) is 9.90 Å². The van der Waals surface area contributed by atoms with Crippen LogP contribution in [0.25, 0.3) is 10.9 Å². The van der Waals surface area contributed by atoms with E-state index in [1.54, 1.807) is 11.0 Å². The number of carbonyl (C=O) groups is 2. The van der Waals surface area contributed by atoms with Crippen LogP contribution in [0.4, 0.5) is 13.2 Å². The zero-order chi connectivity index (χ0) is 22.3. The topological polar surface area (TPSA) is 107 Å². The molecule has 0 unspecified atom stereocenters. The Morgan fingerprint density at radius 2 is 1.77 bits per heavy atom. The summed E-state index contributed by atoms with van der Waals surface area (Å²) in [5.74, 6) is -2.91. The zero-order valence-electron chi connectivity index (χ0n) is 16.4. The van der Waals surface area contributed by atoms with E-state index in [1.165, 1.54) is 12.8 Å². The Labute approximate surface area is 170 Å². The number of benzene rings is 1. The average Bonchev–Trinajstić information content (AvgIpc) is 2.71. The number of carboxylic acid groups (broad SMARTS) is 1. The number of carbonyl (C=O) groups excluding carboxylic acids is 1. The minimum atomic E-state index is -5.08. The van der Waals surface area contributed by atoms with Gasteiger partial charge in [0.2, 0.25) is 0 Å². The van der Waals surface area contributed by atoms with Crippen LogP contribution in [-0.2, 0) is 4.79 Å². The average molecular weight is 428 g/mol. The lowest BCUT2D eigenvalue weighted by atomic mass is 10.1. The van der Waals surface area contributed by atoms with Crippen molar-refractivity contribution in [3.05, 3.63) is 40.4 Å². The van der Waals surface area contributed by atoms with Gasteiger partial charge in [0.05, 0.1) is 5.52 Å². The number of aliphatic carboxylic acids is 1. The number of unbranched alkanes of at least 4 members (excludes halogenated alkanes) is 1. The van der Waals surface area contributed by atoms with Crippen LogP contribution in [0.1, 0.15) is 30.3 Å². The second kappa shape index (κ2) is 10.2. The molecule has 0 atom stereocenters. The van der Waals surface area contributed by atoms with Crippen LogP contribution in [0.2, 0.25) is 0 Å². The standard InChI is InChI=1S/C17H22N4O2.C2HF3O2/c1-2-3-8-20-9-11-21(12-10-20)16(22)15-13-6-4-5-7-14(13)18-17(23)19-15;3-2(4,5)1(6)7/h4-7H,2-3,8-12H2,1H3,(H,18,19,23);(H,6,7). The Balaban J connectivity index is 0.000000396. The SMILES string of the molecule is CCCCN1CCN(C(=O)c2nc(=O)[nH]c3ccccc23)CC1.O=C(O)C(F)(F)F. The first-order chi connectivity index (χ1) is 14.1. The third-order valence-corrected chi connectivity index (χ3v) is 4.57. The minimum Gasteiger partial charge on any atom is -0.475 e. The molecule has 2 aromatic rings. The van der Waals surface area contributed by atoms with Crippen molar-refractivity contribution in [2.75, 3.05) is 32.7 Å². The number of nitrogens with one attached hydrogen (secondary N) is 1. The van der Waals surface area contributed by atoms with Gasteiger partial charge in [0.25, 0.3) is 5.91 Å². The van der Waals surface area contributed by atoms with Crippen LogP contribution in [0.5, 0.6) is 0 Å². The molecule has 30 heavy (non-hydrogen) atoms. The number of fused-ring (bicyclic) bond motifs is 1. The maximum absolute atomic E-state index is 12.8. The summed E-state index contributed by atoms with van der Waals surface area (Å²) in [6, 6.07) is 7.29. The molecule has 3 rings (SSSR count). The lowest BCUT2D eigenvalue weighted by Gasteiger charge is -2.34. The number of H-pyrrole nitrogens is 1. The number of hydrogen-bond donors (Lipinski definition) is 2. The molecule has 2 heterocycles. The Morgan fingerprint density at radius 3 is 2.33 bits per heavy atom. The molecule has 1 fully saturated rings. The number of carboxylic acids is 1. The molecule has 0 spiro atoms. The molecule has 0 bridgehead atoms. The van der Waals surface area contributed by atoms with E-state index in [0.29, 0.717) is 24.0 Å². The summed E-state index contributed by atoms with van der Waals surface area (Å²) in [7, 11) is 0. The van der Waals surface area contributed by atoms with E-state index in [-0.39, 0.29) is 11.6 Å². The van der Waals surface area contributed by atoms with E-state index < -0.39 is 17.8 Å². The summed E-state index contributed by atoms with van der Waals surface area (Å²) in [6.45, 7) is 6.41. The van der Waals surface area contributed by atoms with E-state index in [9.17, 15) is 22.8 Å². The van der Waals surface area contributed by atoms with Gasteiger partial charge in [0.1, 0.15) is 5.69 Å². The molecular formula is C19H23F3N4O4. The van der Waals surface area contributed by atoms with Crippen LogP contribution >= 0.6 is 0 Å². The molecule has 1 aromatic carbocycles. The molecule has 11 heteroatoms. The van der Waals surface area contributed by atoms with Gasteiger partial charge < -0.3 is 15.0 Å². The van der Waals surface area contributed by atoms with Crippen LogP contribution in [-0.4, -0.2) is 75.7 Å². The summed E-state index contributed by atoms with van der Waals surface area (Å²) < 4.78 is 31.7. The number of nitrogens with zero attached hydrogens (tertiary/aromatic N) is 3.